The number of rotatable bonds is 5. The summed E-state index contributed by atoms with van der Waals surface area (Å²) >= 11 is 1.40. The normalized spacial score (nSPS) is 9.93. The quantitative estimate of drug-likeness (QED) is 0.803. The highest BCUT2D eigenvalue weighted by atomic mass is 32.1. The number of nitrogens with one attached hydrogen (secondary N) is 1. The Morgan fingerprint density at radius 3 is 2.80 bits per heavy atom. The zero-order valence-corrected chi connectivity index (χ0v) is 9.13. The first-order chi connectivity index (χ1) is 7.08. The number of aliphatic carboxylic acids is 1. The first-order valence-electron chi connectivity index (χ1n) is 4.52. The summed E-state index contributed by atoms with van der Waals surface area (Å²) in [5, 5.41) is 11.6. The molecule has 0 unspecified atom stereocenters. The Morgan fingerprint density at radius 1 is 1.53 bits per heavy atom. The van der Waals surface area contributed by atoms with Crippen molar-refractivity contribution in [2.75, 3.05) is 5.32 Å². The Hall–Kier alpha value is -1.43. The maximum atomic E-state index is 11.3. The van der Waals surface area contributed by atoms with Gasteiger partial charge < -0.3 is 10.4 Å². The third-order valence-corrected chi connectivity index (χ3v) is 2.49. The summed E-state index contributed by atoms with van der Waals surface area (Å²) in [5.41, 5.74) is 0. The molecule has 0 saturated carbocycles. The molecule has 82 valence electrons. The van der Waals surface area contributed by atoms with Crippen LogP contribution in [0.1, 0.15) is 24.1 Å². The molecule has 1 amide bonds. The summed E-state index contributed by atoms with van der Waals surface area (Å²) in [6.07, 6.45) is 2.26. The molecule has 0 bridgehead atoms. The second kappa shape index (κ2) is 5.45. The highest BCUT2D eigenvalue weighted by Crippen LogP contribution is 2.16. The number of nitrogens with zero attached hydrogens (tertiary/aromatic N) is 1. The molecule has 2 N–H and O–H groups in total. The number of amides is 1. The average Bonchev–Trinajstić information content (AvgIpc) is 2.50. The SMILES string of the molecule is Cc1cnc(NC(=O)CCCC(=O)O)s1. The Labute approximate surface area is 91.1 Å². The number of aryl methyl sites for hydroxylation is 1. The van der Waals surface area contributed by atoms with E-state index in [-0.39, 0.29) is 18.7 Å². The summed E-state index contributed by atoms with van der Waals surface area (Å²) in [6.45, 7) is 1.90. The van der Waals surface area contributed by atoms with Gasteiger partial charge in [-0.1, -0.05) is 0 Å². The standard InChI is InChI=1S/C9H12N2O3S/c1-6-5-10-9(15-6)11-7(12)3-2-4-8(13)14/h5H,2-4H2,1H3,(H,13,14)(H,10,11,12). The fraction of sp³-hybridized carbons (Fsp3) is 0.444. The number of thiazole rings is 1. The van der Waals surface area contributed by atoms with Gasteiger partial charge in [0.15, 0.2) is 5.13 Å². The Morgan fingerprint density at radius 2 is 2.27 bits per heavy atom. The highest BCUT2D eigenvalue weighted by Gasteiger charge is 2.06. The molecule has 15 heavy (non-hydrogen) atoms. The fourth-order valence-electron chi connectivity index (χ4n) is 0.994. The van der Waals surface area contributed by atoms with E-state index < -0.39 is 5.97 Å². The van der Waals surface area contributed by atoms with Gasteiger partial charge in [-0.05, 0) is 13.3 Å². The van der Waals surface area contributed by atoms with Crippen molar-refractivity contribution in [3.63, 3.8) is 0 Å². The van der Waals surface area contributed by atoms with Gasteiger partial charge in [0.25, 0.3) is 0 Å². The number of hydrogen-bond donors (Lipinski definition) is 2. The smallest absolute Gasteiger partial charge is 0.303 e. The zero-order valence-electron chi connectivity index (χ0n) is 8.32. The van der Waals surface area contributed by atoms with Crippen molar-refractivity contribution in [3.05, 3.63) is 11.1 Å². The third-order valence-electron chi connectivity index (χ3n) is 1.66. The van der Waals surface area contributed by atoms with Gasteiger partial charge in [-0.15, -0.1) is 11.3 Å². The lowest BCUT2D eigenvalue weighted by molar-refractivity contribution is -0.137. The molecular weight excluding hydrogens is 216 g/mol. The second-order valence-electron chi connectivity index (χ2n) is 3.07. The molecule has 1 heterocycles. The first-order valence-corrected chi connectivity index (χ1v) is 5.33. The molecule has 1 aromatic heterocycles. The van der Waals surface area contributed by atoms with Crippen molar-refractivity contribution >= 4 is 28.3 Å². The van der Waals surface area contributed by atoms with Crippen molar-refractivity contribution in [1.29, 1.82) is 0 Å². The summed E-state index contributed by atoms with van der Waals surface area (Å²) in [4.78, 5) is 26.5. The molecule has 0 atom stereocenters. The number of carbonyl (C=O) groups is 2. The first kappa shape index (κ1) is 11.6. The molecule has 0 spiro atoms. The van der Waals surface area contributed by atoms with Crippen molar-refractivity contribution < 1.29 is 14.7 Å². The Kier molecular flexibility index (Phi) is 4.23. The second-order valence-corrected chi connectivity index (χ2v) is 4.31. The molecule has 0 aliphatic rings. The van der Waals surface area contributed by atoms with Gasteiger partial charge in [0, 0.05) is 23.9 Å². The van der Waals surface area contributed by atoms with Gasteiger partial charge in [0.1, 0.15) is 0 Å². The summed E-state index contributed by atoms with van der Waals surface area (Å²) in [5.74, 6) is -1.07. The van der Waals surface area contributed by atoms with Crippen LogP contribution in [0, 0.1) is 6.92 Å². The molecule has 0 aliphatic carbocycles. The molecule has 1 rings (SSSR count). The molecule has 0 aromatic carbocycles. The van der Waals surface area contributed by atoms with Crippen molar-refractivity contribution in [1.82, 2.24) is 4.98 Å². The molecule has 0 radical (unpaired) electrons. The molecule has 5 nitrogen and oxygen atoms in total. The van der Waals surface area contributed by atoms with Crippen molar-refractivity contribution in [2.24, 2.45) is 0 Å². The number of anilines is 1. The predicted octanol–water partition coefficient (Wildman–Crippen LogP) is 1.64. The maximum absolute atomic E-state index is 11.3. The maximum Gasteiger partial charge on any atom is 0.303 e. The highest BCUT2D eigenvalue weighted by molar-refractivity contribution is 7.15. The molecule has 1 aromatic rings. The van der Waals surface area contributed by atoms with Crippen LogP contribution in [0.15, 0.2) is 6.20 Å². The van der Waals surface area contributed by atoms with Crippen LogP contribution in [0.3, 0.4) is 0 Å². The fourth-order valence-corrected chi connectivity index (χ4v) is 1.68. The molecule has 6 heteroatoms. The zero-order chi connectivity index (χ0) is 11.3. The number of hydrogen-bond acceptors (Lipinski definition) is 4. The largest absolute Gasteiger partial charge is 0.481 e. The molecule has 0 saturated heterocycles. The van der Waals surface area contributed by atoms with Crippen LogP contribution in [-0.4, -0.2) is 22.0 Å². The molecule has 0 fully saturated rings. The van der Waals surface area contributed by atoms with E-state index in [1.165, 1.54) is 11.3 Å². The predicted molar refractivity (Wildman–Crippen MR) is 57.0 cm³/mol. The number of carboxylic acids is 1. The summed E-state index contributed by atoms with van der Waals surface area (Å²) in [6, 6.07) is 0. The van der Waals surface area contributed by atoms with Gasteiger partial charge >= 0.3 is 5.97 Å². The van der Waals surface area contributed by atoms with Gasteiger partial charge in [0.2, 0.25) is 5.91 Å². The van der Waals surface area contributed by atoms with Gasteiger partial charge in [-0.3, -0.25) is 9.59 Å². The van der Waals surface area contributed by atoms with Crippen LogP contribution < -0.4 is 5.32 Å². The van der Waals surface area contributed by atoms with E-state index in [1.54, 1.807) is 6.20 Å². The van der Waals surface area contributed by atoms with Crippen LogP contribution >= 0.6 is 11.3 Å². The number of aromatic nitrogens is 1. The van der Waals surface area contributed by atoms with E-state index in [1.807, 2.05) is 6.92 Å². The van der Waals surface area contributed by atoms with E-state index >= 15 is 0 Å². The lowest BCUT2D eigenvalue weighted by Crippen LogP contribution is -2.11. The van der Waals surface area contributed by atoms with E-state index in [0.29, 0.717) is 11.6 Å². The monoisotopic (exact) mass is 228 g/mol. The molecular formula is C9H12N2O3S. The Balaban J connectivity index is 2.27. The molecule has 0 aliphatic heterocycles. The third kappa shape index (κ3) is 4.55. The minimum absolute atomic E-state index is 0.0182. The average molecular weight is 228 g/mol. The lowest BCUT2D eigenvalue weighted by Gasteiger charge is -1.99. The van der Waals surface area contributed by atoms with Gasteiger partial charge in [-0.2, -0.15) is 0 Å². The van der Waals surface area contributed by atoms with Crippen molar-refractivity contribution in [2.45, 2.75) is 26.2 Å². The topological polar surface area (TPSA) is 79.3 Å². The summed E-state index contributed by atoms with van der Waals surface area (Å²) in [7, 11) is 0. The van der Waals surface area contributed by atoms with Crippen LogP contribution in [0.2, 0.25) is 0 Å². The van der Waals surface area contributed by atoms with Crippen molar-refractivity contribution in [3.8, 4) is 0 Å². The van der Waals surface area contributed by atoms with E-state index in [9.17, 15) is 9.59 Å². The van der Waals surface area contributed by atoms with E-state index in [2.05, 4.69) is 10.3 Å². The van der Waals surface area contributed by atoms with Crippen LogP contribution in [0.5, 0.6) is 0 Å². The van der Waals surface area contributed by atoms with E-state index in [4.69, 9.17) is 5.11 Å². The van der Waals surface area contributed by atoms with Crippen LogP contribution in [-0.2, 0) is 9.59 Å². The lowest BCUT2D eigenvalue weighted by atomic mass is 10.2. The van der Waals surface area contributed by atoms with Gasteiger partial charge in [-0.25, -0.2) is 4.98 Å². The number of carbonyl (C=O) groups excluding carboxylic acids is 1. The Bertz CT molecular complexity index is 362. The summed E-state index contributed by atoms with van der Waals surface area (Å²) < 4.78 is 0. The van der Waals surface area contributed by atoms with Crippen LogP contribution in [0.4, 0.5) is 5.13 Å². The van der Waals surface area contributed by atoms with Crippen LogP contribution in [0.25, 0.3) is 0 Å². The minimum atomic E-state index is -0.882. The van der Waals surface area contributed by atoms with E-state index in [0.717, 1.165) is 4.88 Å². The minimum Gasteiger partial charge on any atom is -0.481 e. The number of carboxylic acid groups (broad SMARTS) is 1. The van der Waals surface area contributed by atoms with Gasteiger partial charge in [0.05, 0.1) is 0 Å².